The summed E-state index contributed by atoms with van der Waals surface area (Å²) in [5.74, 6) is 0.206. The van der Waals surface area contributed by atoms with Crippen molar-refractivity contribution in [2.24, 2.45) is 0 Å². The van der Waals surface area contributed by atoms with Crippen molar-refractivity contribution in [3.63, 3.8) is 0 Å². The minimum Gasteiger partial charge on any atom is -0.493 e. The number of nitrogens with one attached hydrogen (secondary N) is 1. The molecule has 3 rings (SSSR count). The van der Waals surface area contributed by atoms with Gasteiger partial charge in [-0.1, -0.05) is 18.2 Å². The number of methoxy groups -OCH3 is 1. The molecule has 0 spiro atoms. The molecule has 0 unspecified atom stereocenters. The number of nitrogens with zero attached hydrogens (tertiary/aromatic N) is 2. The van der Waals surface area contributed by atoms with Gasteiger partial charge in [0.1, 0.15) is 18.2 Å². The average Bonchev–Trinajstić information content (AvgIpc) is 2.82. The summed E-state index contributed by atoms with van der Waals surface area (Å²) < 4.78 is 13.1. The van der Waals surface area contributed by atoms with Crippen molar-refractivity contribution in [2.45, 2.75) is 6.61 Å². The first-order valence-electron chi connectivity index (χ1n) is 9.73. The number of hydrogen-bond acceptors (Lipinski definition) is 6. The fourth-order valence-corrected chi connectivity index (χ4v) is 3.84. The Bertz CT molecular complexity index is 1300. The standard InChI is InChI=1S/C24H17BrIN3O5/c1-33-22-11-16(10-21(25)23(22)34-14-15-5-7-18(26)8-6-15)9-17(13-27)24(30)28-19-3-2-4-20(12-19)29(31)32/h2-12H,14H2,1H3,(H,28,30)/b17-9+. The lowest BCUT2D eigenvalue weighted by Gasteiger charge is -2.14. The topological polar surface area (TPSA) is 114 Å². The summed E-state index contributed by atoms with van der Waals surface area (Å²) in [6, 6.07) is 18.6. The Labute approximate surface area is 217 Å². The van der Waals surface area contributed by atoms with Crippen LogP contribution in [0.3, 0.4) is 0 Å². The van der Waals surface area contributed by atoms with Crippen molar-refractivity contribution < 1.29 is 19.2 Å². The lowest BCUT2D eigenvalue weighted by molar-refractivity contribution is -0.384. The van der Waals surface area contributed by atoms with Gasteiger partial charge in [-0.25, -0.2) is 0 Å². The van der Waals surface area contributed by atoms with Gasteiger partial charge in [0.15, 0.2) is 11.5 Å². The van der Waals surface area contributed by atoms with Crippen LogP contribution in [0.2, 0.25) is 0 Å². The number of benzene rings is 3. The molecule has 0 aromatic heterocycles. The van der Waals surface area contributed by atoms with Crippen molar-refractivity contribution >= 4 is 61.9 Å². The molecule has 0 aliphatic carbocycles. The number of non-ortho nitro benzene ring substituents is 1. The molecule has 0 saturated carbocycles. The third-order valence-electron chi connectivity index (χ3n) is 4.54. The van der Waals surface area contributed by atoms with E-state index in [2.05, 4.69) is 43.8 Å². The number of amides is 1. The fourth-order valence-electron chi connectivity index (χ4n) is 2.91. The largest absolute Gasteiger partial charge is 0.493 e. The Morgan fingerprint density at radius 1 is 1.24 bits per heavy atom. The number of anilines is 1. The van der Waals surface area contributed by atoms with Gasteiger partial charge < -0.3 is 14.8 Å². The zero-order valence-corrected chi connectivity index (χ0v) is 21.5. The molecule has 0 aliphatic rings. The van der Waals surface area contributed by atoms with Gasteiger partial charge in [-0.3, -0.25) is 14.9 Å². The molecule has 0 radical (unpaired) electrons. The van der Waals surface area contributed by atoms with Crippen LogP contribution in [-0.2, 0) is 11.4 Å². The number of halogens is 2. The van der Waals surface area contributed by atoms with Crippen molar-refractivity contribution in [3.05, 3.63) is 95.5 Å². The van der Waals surface area contributed by atoms with Gasteiger partial charge in [0.25, 0.3) is 11.6 Å². The first kappa shape index (κ1) is 25.2. The molecule has 0 atom stereocenters. The molecule has 0 bridgehead atoms. The smallest absolute Gasteiger partial charge is 0.271 e. The monoisotopic (exact) mass is 633 g/mol. The highest BCUT2D eigenvalue weighted by atomic mass is 127. The molecule has 0 saturated heterocycles. The third kappa shape index (κ3) is 6.55. The van der Waals surface area contributed by atoms with Gasteiger partial charge in [0.2, 0.25) is 0 Å². The minimum atomic E-state index is -0.697. The molecule has 0 fully saturated rings. The summed E-state index contributed by atoms with van der Waals surface area (Å²) in [5, 5.41) is 22.9. The van der Waals surface area contributed by atoms with E-state index in [1.807, 2.05) is 30.3 Å². The third-order valence-corrected chi connectivity index (χ3v) is 5.85. The maximum absolute atomic E-state index is 12.6. The predicted octanol–water partition coefficient (Wildman–Crippen LogP) is 6.10. The number of rotatable bonds is 8. The van der Waals surface area contributed by atoms with Crippen LogP contribution < -0.4 is 14.8 Å². The van der Waals surface area contributed by atoms with E-state index in [1.165, 1.54) is 37.5 Å². The van der Waals surface area contributed by atoms with Crippen molar-refractivity contribution in [3.8, 4) is 17.6 Å². The van der Waals surface area contributed by atoms with Crippen LogP contribution in [0.4, 0.5) is 11.4 Å². The van der Waals surface area contributed by atoms with Gasteiger partial charge in [-0.15, -0.1) is 0 Å². The second kappa shape index (κ2) is 11.6. The number of nitro benzene ring substituents is 1. The van der Waals surface area contributed by atoms with Crippen LogP contribution in [0.5, 0.6) is 11.5 Å². The zero-order valence-electron chi connectivity index (χ0n) is 17.7. The van der Waals surface area contributed by atoms with Gasteiger partial charge in [0, 0.05) is 21.4 Å². The average molecular weight is 634 g/mol. The summed E-state index contributed by atoms with van der Waals surface area (Å²) in [4.78, 5) is 22.9. The van der Waals surface area contributed by atoms with Gasteiger partial charge >= 0.3 is 0 Å². The van der Waals surface area contributed by atoms with Crippen LogP contribution in [0, 0.1) is 25.0 Å². The predicted molar refractivity (Wildman–Crippen MR) is 140 cm³/mol. The summed E-state index contributed by atoms with van der Waals surface area (Å²) >= 11 is 5.70. The SMILES string of the molecule is COc1cc(/C=C(\C#N)C(=O)Nc2cccc([N+](=O)[O-])c2)cc(Br)c1OCc1ccc(I)cc1. The highest BCUT2D eigenvalue weighted by molar-refractivity contribution is 14.1. The van der Waals surface area contributed by atoms with E-state index in [1.54, 1.807) is 12.1 Å². The molecule has 1 N–H and O–H groups in total. The van der Waals surface area contributed by atoms with Crippen molar-refractivity contribution in [1.29, 1.82) is 5.26 Å². The van der Waals surface area contributed by atoms with Crippen molar-refractivity contribution in [1.82, 2.24) is 0 Å². The lowest BCUT2D eigenvalue weighted by atomic mass is 10.1. The first-order valence-corrected chi connectivity index (χ1v) is 11.6. The second-order valence-electron chi connectivity index (χ2n) is 6.88. The Morgan fingerprint density at radius 3 is 2.62 bits per heavy atom. The summed E-state index contributed by atoms with van der Waals surface area (Å²) in [6.07, 6.45) is 1.39. The number of nitro groups is 1. The number of carbonyl (C=O) groups is 1. The molecule has 3 aromatic carbocycles. The maximum Gasteiger partial charge on any atom is 0.271 e. The van der Waals surface area contributed by atoms with Crippen LogP contribution >= 0.6 is 38.5 Å². The molecule has 172 valence electrons. The Morgan fingerprint density at radius 2 is 1.97 bits per heavy atom. The number of ether oxygens (including phenoxy) is 2. The summed E-state index contributed by atoms with van der Waals surface area (Å²) in [6.45, 7) is 0.329. The zero-order chi connectivity index (χ0) is 24.7. The van der Waals surface area contributed by atoms with Gasteiger partial charge in [-0.05, 0) is 86.1 Å². The molecule has 10 heteroatoms. The van der Waals surface area contributed by atoms with Crippen molar-refractivity contribution in [2.75, 3.05) is 12.4 Å². The Hall–Kier alpha value is -3.43. The number of nitriles is 1. The number of carbonyl (C=O) groups excluding carboxylic acids is 1. The molecule has 34 heavy (non-hydrogen) atoms. The highest BCUT2D eigenvalue weighted by Gasteiger charge is 2.15. The fraction of sp³-hybridized carbons (Fsp3) is 0.0833. The van der Waals surface area contributed by atoms with Crippen LogP contribution in [0.15, 0.2) is 70.7 Å². The minimum absolute atomic E-state index is 0.171. The Balaban J connectivity index is 1.81. The normalized spacial score (nSPS) is 10.8. The molecule has 1 amide bonds. The number of hydrogen-bond donors (Lipinski definition) is 1. The molecular weight excluding hydrogens is 617 g/mol. The maximum atomic E-state index is 12.6. The van der Waals surface area contributed by atoms with E-state index >= 15 is 0 Å². The molecule has 0 aliphatic heterocycles. The van der Waals surface area contributed by atoms with Crippen LogP contribution in [0.25, 0.3) is 6.08 Å². The molecular formula is C24H17BrIN3O5. The molecule has 8 nitrogen and oxygen atoms in total. The lowest BCUT2D eigenvalue weighted by Crippen LogP contribution is -2.13. The van der Waals surface area contributed by atoms with E-state index in [0.717, 1.165) is 9.13 Å². The first-order chi connectivity index (χ1) is 16.3. The van der Waals surface area contributed by atoms with E-state index in [9.17, 15) is 20.2 Å². The summed E-state index contributed by atoms with van der Waals surface area (Å²) in [7, 11) is 1.49. The van der Waals surface area contributed by atoms with Crippen LogP contribution in [0.1, 0.15) is 11.1 Å². The summed E-state index contributed by atoms with van der Waals surface area (Å²) in [5.41, 5.74) is 1.36. The van der Waals surface area contributed by atoms with E-state index in [4.69, 9.17) is 9.47 Å². The molecule has 0 heterocycles. The second-order valence-corrected chi connectivity index (χ2v) is 8.98. The molecule has 3 aromatic rings. The van der Waals surface area contributed by atoms with E-state index in [0.29, 0.717) is 28.1 Å². The Kier molecular flexibility index (Phi) is 8.61. The van der Waals surface area contributed by atoms with Gasteiger partial charge in [-0.2, -0.15) is 5.26 Å². The van der Waals surface area contributed by atoms with Gasteiger partial charge in [0.05, 0.1) is 16.5 Å². The van der Waals surface area contributed by atoms with Crippen LogP contribution in [-0.4, -0.2) is 17.9 Å². The van der Waals surface area contributed by atoms with E-state index in [-0.39, 0.29) is 16.9 Å². The quantitative estimate of drug-likeness (QED) is 0.105. The highest BCUT2D eigenvalue weighted by Crippen LogP contribution is 2.38. The van der Waals surface area contributed by atoms with E-state index < -0.39 is 10.8 Å².